The van der Waals surface area contributed by atoms with Crippen LogP contribution < -0.4 is 0 Å². The Labute approximate surface area is 139 Å². The molecule has 0 saturated heterocycles. The van der Waals surface area contributed by atoms with Crippen LogP contribution in [-0.4, -0.2) is 17.9 Å². The number of benzene rings is 1. The van der Waals surface area contributed by atoms with E-state index in [2.05, 4.69) is 39.0 Å². The average Bonchev–Trinajstić information content (AvgIpc) is 2.78. The second-order valence-electron chi connectivity index (χ2n) is 7.92. The number of ether oxygens (including phenoxy) is 1. The van der Waals surface area contributed by atoms with Gasteiger partial charge in [0.15, 0.2) is 0 Å². The molecule has 1 fully saturated rings. The van der Waals surface area contributed by atoms with E-state index in [0.29, 0.717) is 12.8 Å². The minimum Gasteiger partial charge on any atom is -0.462 e. The van der Waals surface area contributed by atoms with Crippen molar-refractivity contribution in [2.75, 3.05) is 0 Å². The van der Waals surface area contributed by atoms with Gasteiger partial charge in [-0.05, 0) is 49.1 Å². The Kier molecular flexibility index (Phi) is 5.28. The Morgan fingerprint density at radius 2 is 1.91 bits per heavy atom. The highest BCUT2D eigenvalue weighted by molar-refractivity contribution is 6.00. The SMILES string of the molecule is CC(C)OC(=O)C1CC(Cc2ccccc2C(C)(C)C)CC1=O. The summed E-state index contributed by atoms with van der Waals surface area (Å²) >= 11 is 0. The zero-order valence-corrected chi connectivity index (χ0v) is 14.9. The summed E-state index contributed by atoms with van der Waals surface area (Å²) in [5.74, 6) is -0.648. The second kappa shape index (κ2) is 6.86. The molecule has 2 unspecified atom stereocenters. The molecule has 0 N–H and O–H groups in total. The summed E-state index contributed by atoms with van der Waals surface area (Å²) in [5.41, 5.74) is 2.69. The lowest BCUT2D eigenvalue weighted by Crippen LogP contribution is -2.24. The van der Waals surface area contributed by atoms with E-state index >= 15 is 0 Å². The van der Waals surface area contributed by atoms with Crippen LogP contribution in [0.2, 0.25) is 0 Å². The smallest absolute Gasteiger partial charge is 0.316 e. The molecule has 0 aliphatic heterocycles. The molecule has 1 saturated carbocycles. The summed E-state index contributed by atoms with van der Waals surface area (Å²) in [4.78, 5) is 24.2. The van der Waals surface area contributed by atoms with E-state index in [-0.39, 0.29) is 29.2 Å². The molecule has 0 heterocycles. The predicted octanol–water partition coefficient (Wildman–Crippen LogP) is 4.07. The third-order valence-corrected chi connectivity index (χ3v) is 4.42. The number of hydrogen-bond acceptors (Lipinski definition) is 3. The molecule has 3 nitrogen and oxygen atoms in total. The third kappa shape index (κ3) is 4.43. The van der Waals surface area contributed by atoms with Gasteiger partial charge in [0.05, 0.1) is 6.10 Å². The van der Waals surface area contributed by atoms with E-state index in [1.54, 1.807) is 0 Å². The molecule has 2 atom stereocenters. The Morgan fingerprint density at radius 1 is 1.26 bits per heavy atom. The van der Waals surface area contributed by atoms with Crippen molar-refractivity contribution in [3.63, 3.8) is 0 Å². The fourth-order valence-corrected chi connectivity index (χ4v) is 3.41. The zero-order chi connectivity index (χ0) is 17.2. The van der Waals surface area contributed by atoms with Crippen molar-refractivity contribution in [3.8, 4) is 0 Å². The highest BCUT2D eigenvalue weighted by atomic mass is 16.5. The maximum Gasteiger partial charge on any atom is 0.316 e. The summed E-state index contributed by atoms with van der Waals surface area (Å²) in [7, 11) is 0. The molecule has 1 aromatic carbocycles. The van der Waals surface area contributed by atoms with Crippen LogP contribution in [0.4, 0.5) is 0 Å². The summed E-state index contributed by atoms with van der Waals surface area (Å²) < 4.78 is 5.22. The van der Waals surface area contributed by atoms with E-state index in [1.165, 1.54) is 11.1 Å². The number of Topliss-reactive ketones (excluding diaryl/α,β-unsaturated/α-hetero) is 1. The highest BCUT2D eigenvalue weighted by Gasteiger charge is 2.39. The lowest BCUT2D eigenvalue weighted by Gasteiger charge is -2.24. The van der Waals surface area contributed by atoms with Gasteiger partial charge in [0.25, 0.3) is 0 Å². The summed E-state index contributed by atoms with van der Waals surface area (Å²) in [6.45, 7) is 10.2. The molecule has 0 bridgehead atoms. The van der Waals surface area contributed by atoms with E-state index in [0.717, 1.165) is 6.42 Å². The minimum absolute atomic E-state index is 0.0360. The van der Waals surface area contributed by atoms with Crippen molar-refractivity contribution in [3.05, 3.63) is 35.4 Å². The zero-order valence-electron chi connectivity index (χ0n) is 14.9. The predicted molar refractivity (Wildman–Crippen MR) is 91.3 cm³/mol. The molecule has 2 rings (SSSR count). The number of esters is 1. The van der Waals surface area contributed by atoms with Crippen LogP contribution in [-0.2, 0) is 26.2 Å². The number of carbonyl (C=O) groups is 2. The van der Waals surface area contributed by atoms with Crippen LogP contribution in [0.25, 0.3) is 0 Å². The number of ketones is 1. The van der Waals surface area contributed by atoms with Crippen LogP contribution in [0.1, 0.15) is 58.6 Å². The molecule has 23 heavy (non-hydrogen) atoms. The fraction of sp³-hybridized carbons (Fsp3) is 0.600. The van der Waals surface area contributed by atoms with Crippen molar-refractivity contribution in [1.82, 2.24) is 0 Å². The maximum absolute atomic E-state index is 12.2. The van der Waals surface area contributed by atoms with Gasteiger partial charge in [0.2, 0.25) is 0 Å². The molecular weight excluding hydrogens is 288 g/mol. The van der Waals surface area contributed by atoms with E-state index < -0.39 is 5.92 Å². The topological polar surface area (TPSA) is 43.4 Å². The maximum atomic E-state index is 12.2. The first-order valence-electron chi connectivity index (χ1n) is 8.50. The van der Waals surface area contributed by atoms with Gasteiger partial charge in [-0.2, -0.15) is 0 Å². The standard InChI is InChI=1S/C20H28O3/c1-13(2)23-19(22)16-11-14(12-18(16)21)10-15-8-6-7-9-17(15)20(3,4)5/h6-9,13-14,16H,10-12H2,1-5H3. The van der Waals surface area contributed by atoms with Crippen molar-refractivity contribution in [2.45, 2.75) is 65.4 Å². The van der Waals surface area contributed by atoms with Crippen molar-refractivity contribution < 1.29 is 14.3 Å². The first kappa shape index (κ1) is 17.7. The van der Waals surface area contributed by atoms with E-state index in [1.807, 2.05) is 19.9 Å². The molecule has 0 spiro atoms. The molecule has 0 radical (unpaired) electrons. The lowest BCUT2D eigenvalue weighted by atomic mass is 9.81. The van der Waals surface area contributed by atoms with Gasteiger partial charge in [0, 0.05) is 6.42 Å². The highest BCUT2D eigenvalue weighted by Crippen LogP contribution is 2.34. The van der Waals surface area contributed by atoms with Crippen LogP contribution in [0.5, 0.6) is 0 Å². The fourth-order valence-electron chi connectivity index (χ4n) is 3.41. The van der Waals surface area contributed by atoms with Gasteiger partial charge in [0.1, 0.15) is 11.7 Å². The summed E-state index contributed by atoms with van der Waals surface area (Å²) in [5, 5.41) is 0. The van der Waals surface area contributed by atoms with Crippen LogP contribution >= 0.6 is 0 Å². The molecule has 0 aromatic heterocycles. The number of rotatable bonds is 4. The first-order valence-corrected chi connectivity index (χ1v) is 8.50. The van der Waals surface area contributed by atoms with Crippen LogP contribution in [0.3, 0.4) is 0 Å². The molecule has 0 amide bonds. The number of carbonyl (C=O) groups excluding carboxylic acids is 2. The lowest BCUT2D eigenvalue weighted by molar-refractivity contribution is -0.154. The van der Waals surface area contributed by atoms with Gasteiger partial charge in [-0.1, -0.05) is 45.0 Å². The summed E-state index contributed by atoms with van der Waals surface area (Å²) in [6, 6.07) is 8.42. The van der Waals surface area contributed by atoms with E-state index in [4.69, 9.17) is 4.74 Å². The molecule has 1 aliphatic carbocycles. The van der Waals surface area contributed by atoms with Gasteiger partial charge in [-0.25, -0.2) is 0 Å². The monoisotopic (exact) mass is 316 g/mol. The minimum atomic E-state index is -0.566. The van der Waals surface area contributed by atoms with Gasteiger partial charge in [-0.3, -0.25) is 9.59 Å². The first-order chi connectivity index (χ1) is 10.7. The molecule has 126 valence electrons. The van der Waals surface area contributed by atoms with Gasteiger partial charge < -0.3 is 4.74 Å². The van der Waals surface area contributed by atoms with E-state index in [9.17, 15) is 9.59 Å². The van der Waals surface area contributed by atoms with Gasteiger partial charge >= 0.3 is 5.97 Å². The Bertz CT molecular complexity index is 581. The Balaban J connectivity index is 2.09. The molecule has 1 aliphatic rings. The molecular formula is C20H28O3. The Hall–Kier alpha value is -1.64. The van der Waals surface area contributed by atoms with Crippen LogP contribution in [0.15, 0.2) is 24.3 Å². The van der Waals surface area contributed by atoms with Crippen molar-refractivity contribution in [2.24, 2.45) is 11.8 Å². The normalized spacial score (nSPS) is 21.7. The quantitative estimate of drug-likeness (QED) is 0.621. The largest absolute Gasteiger partial charge is 0.462 e. The van der Waals surface area contributed by atoms with Crippen LogP contribution in [0, 0.1) is 11.8 Å². The summed E-state index contributed by atoms with van der Waals surface area (Å²) in [6.07, 6.45) is 1.78. The molecule has 1 aromatic rings. The number of hydrogen-bond donors (Lipinski definition) is 0. The Morgan fingerprint density at radius 3 is 2.52 bits per heavy atom. The van der Waals surface area contributed by atoms with Gasteiger partial charge in [-0.15, -0.1) is 0 Å². The second-order valence-corrected chi connectivity index (χ2v) is 7.92. The molecule has 3 heteroatoms. The van der Waals surface area contributed by atoms with Crippen molar-refractivity contribution >= 4 is 11.8 Å². The average molecular weight is 316 g/mol. The third-order valence-electron chi connectivity index (χ3n) is 4.42. The van der Waals surface area contributed by atoms with Crippen molar-refractivity contribution in [1.29, 1.82) is 0 Å².